The first-order chi connectivity index (χ1) is 16.4. The molecule has 0 aliphatic carbocycles. The fraction of sp³-hybridized carbons (Fsp3) is 0.208. The SMILES string of the molecule is C#CCOc1c(Cl)cc(/C=C2/SC(=O)N(CC(=O)Nc3ccc(OCC)cc3)C2=O)cc1OC. The smallest absolute Gasteiger partial charge is 0.294 e. The van der Waals surface area contributed by atoms with Gasteiger partial charge in [-0.2, -0.15) is 0 Å². The van der Waals surface area contributed by atoms with E-state index in [4.69, 9.17) is 32.2 Å². The van der Waals surface area contributed by atoms with Crippen molar-refractivity contribution in [2.75, 3.05) is 32.2 Å². The molecule has 1 aliphatic heterocycles. The highest BCUT2D eigenvalue weighted by Gasteiger charge is 2.36. The number of halogens is 1. The zero-order chi connectivity index (χ0) is 24.7. The van der Waals surface area contributed by atoms with Crippen LogP contribution in [-0.4, -0.2) is 48.8 Å². The summed E-state index contributed by atoms with van der Waals surface area (Å²) < 4.78 is 16.0. The molecule has 176 valence electrons. The molecule has 2 aromatic rings. The lowest BCUT2D eigenvalue weighted by molar-refractivity contribution is -0.127. The number of hydrogen-bond acceptors (Lipinski definition) is 7. The van der Waals surface area contributed by atoms with Crippen molar-refractivity contribution < 1.29 is 28.6 Å². The van der Waals surface area contributed by atoms with E-state index < -0.39 is 23.6 Å². The maximum atomic E-state index is 12.8. The van der Waals surface area contributed by atoms with Gasteiger partial charge in [-0.05, 0) is 66.7 Å². The Balaban J connectivity index is 1.71. The Morgan fingerprint density at radius 2 is 1.97 bits per heavy atom. The Bertz CT molecular complexity index is 1170. The van der Waals surface area contributed by atoms with Crippen LogP contribution in [0.3, 0.4) is 0 Å². The second-order valence-corrected chi connectivity index (χ2v) is 8.20. The quantitative estimate of drug-likeness (QED) is 0.402. The van der Waals surface area contributed by atoms with Gasteiger partial charge in [0.25, 0.3) is 11.1 Å². The van der Waals surface area contributed by atoms with Crippen molar-refractivity contribution in [3.63, 3.8) is 0 Å². The van der Waals surface area contributed by atoms with E-state index in [1.165, 1.54) is 13.2 Å². The molecule has 1 N–H and O–H groups in total. The molecule has 3 amide bonds. The normalized spacial score (nSPS) is 14.2. The average Bonchev–Trinajstić information content (AvgIpc) is 3.06. The van der Waals surface area contributed by atoms with Crippen LogP contribution in [0.1, 0.15) is 12.5 Å². The molecule has 0 aromatic heterocycles. The van der Waals surface area contributed by atoms with E-state index in [0.29, 0.717) is 29.4 Å². The summed E-state index contributed by atoms with van der Waals surface area (Å²) in [5, 5.41) is 2.34. The number of nitrogens with zero attached hydrogens (tertiary/aromatic N) is 1. The van der Waals surface area contributed by atoms with E-state index in [-0.39, 0.29) is 22.3 Å². The summed E-state index contributed by atoms with van der Waals surface area (Å²) in [6.45, 7) is 1.99. The third-order valence-corrected chi connectivity index (χ3v) is 5.66. The number of rotatable bonds is 9. The number of carbonyl (C=O) groups is 3. The van der Waals surface area contributed by atoms with Crippen molar-refractivity contribution in [3.8, 4) is 29.6 Å². The van der Waals surface area contributed by atoms with Gasteiger partial charge in [-0.25, -0.2) is 0 Å². The highest BCUT2D eigenvalue weighted by atomic mass is 35.5. The molecular weight excluding hydrogens is 480 g/mol. The number of amides is 3. The standard InChI is InChI=1S/C24H21ClN2O6S/c1-4-10-33-22-18(25)11-15(12-19(22)31-3)13-20-23(29)27(24(30)34-20)14-21(28)26-16-6-8-17(9-7-16)32-5-2/h1,6-9,11-13H,5,10,14H2,2-3H3,(H,26,28)/b20-13+. The predicted octanol–water partition coefficient (Wildman–Crippen LogP) is 4.43. The Morgan fingerprint density at radius 3 is 2.62 bits per heavy atom. The minimum absolute atomic E-state index is 0.00699. The van der Waals surface area contributed by atoms with Gasteiger partial charge in [-0.3, -0.25) is 19.3 Å². The number of benzene rings is 2. The first-order valence-corrected chi connectivity index (χ1v) is 11.3. The van der Waals surface area contributed by atoms with Crippen LogP contribution in [0.25, 0.3) is 6.08 Å². The molecular formula is C24H21ClN2O6S. The molecule has 0 spiro atoms. The molecule has 3 rings (SSSR count). The van der Waals surface area contributed by atoms with E-state index in [0.717, 1.165) is 16.7 Å². The van der Waals surface area contributed by atoms with Crippen molar-refractivity contribution in [1.29, 1.82) is 0 Å². The first-order valence-electron chi connectivity index (χ1n) is 10.1. The second-order valence-electron chi connectivity index (χ2n) is 6.80. The fourth-order valence-electron chi connectivity index (χ4n) is 3.01. The van der Waals surface area contributed by atoms with E-state index in [2.05, 4.69) is 11.2 Å². The van der Waals surface area contributed by atoms with Crippen LogP contribution < -0.4 is 19.5 Å². The summed E-state index contributed by atoms with van der Waals surface area (Å²) >= 11 is 7.00. The number of ether oxygens (including phenoxy) is 3. The zero-order valence-corrected chi connectivity index (χ0v) is 20.0. The summed E-state index contributed by atoms with van der Waals surface area (Å²) in [6, 6.07) is 9.93. The molecule has 1 fully saturated rings. The molecule has 1 aliphatic rings. The van der Waals surface area contributed by atoms with Crippen LogP contribution in [-0.2, 0) is 9.59 Å². The Labute approximate surface area is 206 Å². The third kappa shape index (κ3) is 6.04. The molecule has 0 saturated carbocycles. The molecule has 0 radical (unpaired) electrons. The number of nitrogens with one attached hydrogen (secondary N) is 1. The Kier molecular flexibility index (Phi) is 8.46. The Morgan fingerprint density at radius 1 is 1.24 bits per heavy atom. The minimum atomic E-state index is -0.584. The van der Waals surface area contributed by atoms with Crippen LogP contribution in [0.15, 0.2) is 41.3 Å². The second kappa shape index (κ2) is 11.5. The summed E-state index contributed by atoms with van der Waals surface area (Å²) in [5.41, 5.74) is 1.03. The number of terminal acetylenes is 1. The molecule has 2 aromatic carbocycles. The lowest BCUT2D eigenvalue weighted by Gasteiger charge is -2.13. The Hall–Kier alpha value is -3.61. The molecule has 0 bridgehead atoms. The van der Waals surface area contributed by atoms with Gasteiger partial charge in [-0.15, -0.1) is 6.42 Å². The summed E-state index contributed by atoms with van der Waals surface area (Å²) in [5.74, 6) is 2.52. The van der Waals surface area contributed by atoms with Gasteiger partial charge in [0.15, 0.2) is 11.5 Å². The van der Waals surface area contributed by atoms with Crippen LogP contribution in [0.4, 0.5) is 10.5 Å². The molecule has 0 unspecified atom stereocenters. The van der Waals surface area contributed by atoms with Crippen LogP contribution in [0.2, 0.25) is 5.02 Å². The lowest BCUT2D eigenvalue weighted by atomic mass is 10.1. The summed E-state index contributed by atoms with van der Waals surface area (Å²) in [6.07, 6.45) is 6.71. The number of methoxy groups -OCH3 is 1. The van der Waals surface area contributed by atoms with Crippen LogP contribution >= 0.6 is 23.4 Å². The van der Waals surface area contributed by atoms with Gasteiger partial charge in [0.1, 0.15) is 18.9 Å². The molecule has 1 heterocycles. The highest BCUT2D eigenvalue weighted by Crippen LogP contribution is 2.39. The molecule has 8 nitrogen and oxygen atoms in total. The fourth-order valence-corrected chi connectivity index (χ4v) is 4.12. The van der Waals surface area contributed by atoms with Crippen LogP contribution in [0.5, 0.6) is 17.2 Å². The highest BCUT2D eigenvalue weighted by molar-refractivity contribution is 8.18. The average molecular weight is 501 g/mol. The molecule has 34 heavy (non-hydrogen) atoms. The van der Waals surface area contributed by atoms with E-state index in [1.54, 1.807) is 36.4 Å². The number of anilines is 1. The lowest BCUT2D eigenvalue weighted by Crippen LogP contribution is -2.36. The maximum Gasteiger partial charge on any atom is 0.294 e. The van der Waals surface area contributed by atoms with Crippen molar-refractivity contribution in [2.24, 2.45) is 0 Å². The van der Waals surface area contributed by atoms with Crippen molar-refractivity contribution in [3.05, 3.63) is 51.9 Å². The van der Waals surface area contributed by atoms with Gasteiger partial charge >= 0.3 is 0 Å². The van der Waals surface area contributed by atoms with Gasteiger partial charge < -0.3 is 19.5 Å². The number of thioether (sulfide) groups is 1. The van der Waals surface area contributed by atoms with Gasteiger partial charge in [0, 0.05) is 5.69 Å². The van der Waals surface area contributed by atoms with E-state index >= 15 is 0 Å². The predicted molar refractivity (Wildman–Crippen MR) is 131 cm³/mol. The van der Waals surface area contributed by atoms with E-state index in [1.807, 2.05) is 6.92 Å². The third-order valence-electron chi connectivity index (χ3n) is 4.47. The summed E-state index contributed by atoms with van der Waals surface area (Å²) in [4.78, 5) is 38.6. The van der Waals surface area contributed by atoms with Crippen molar-refractivity contribution in [1.82, 2.24) is 4.90 Å². The van der Waals surface area contributed by atoms with Gasteiger partial charge in [0.2, 0.25) is 5.91 Å². The summed E-state index contributed by atoms with van der Waals surface area (Å²) in [7, 11) is 1.44. The monoisotopic (exact) mass is 500 g/mol. The zero-order valence-electron chi connectivity index (χ0n) is 18.4. The largest absolute Gasteiger partial charge is 0.494 e. The number of hydrogen-bond donors (Lipinski definition) is 1. The van der Waals surface area contributed by atoms with Crippen molar-refractivity contribution >= 4 is 52.2 Å². The van der Waals surface area contributed by atoms with Gasteiger partial charge in [0.05, 0.1) is 23.6 Å². The number of imide groups is 1. The molecule has 0 atom stereocenters. The van der Waals surface area contributed by atoms with Crippen molar-refractivity contribution in [2.45, 2.75) is 6.92 Å². The van der Waals surface area contributed by atoms with Gasteiger partial charge in [-0.1, -0.05) is 17.5 Å². The molecule has 10 heteroatoms. The minimum Gasteiger partial charge on any atom is -0.494 e. The maximum absolute atomic E-state index is 12.8. The topological polar surface area (TPSA) is 94.2 Å². The van der Waals surface area contributed by atoms with E-state index in [9.17, 15) is 14.4 Å². The first kappa shape index (κ1) is 25.0. The van der Waals surface area contributed by atoms with Crippen LogP contribution in [0, 0.1) is 12.3 Å². The molecule has 1 saturated heterocycles. The number of carbonyl (C=O) groups excluding carboxylic acids is 3.